The summed E-state index contributed by atoms with van der Waals surface area (Å²) < 4.78 is 15.3. The molecule has 122 valence electrons. The summed E-state index contributed by atoms with van der Waals surface area (Å²) in [5.41, 5.74) is 1.02. The number of hydrogen-bond acceptors (Lipinski definition) is 4. The maximum Gasteiger partial charge on any atom is 0.143 e. The minimum absolute atomic E-state index is 0.179. The highest BCUT2D eigenvalue weighted by molar-refractivity contribution is 5.46. The molecule has 1 saturated heterocycles. The van der Waals surface area contributed by atoms with Gasteiger partial charge in [0.15, 0.2) is 0 Å². The van der Waals surface area contributed by atoms with Crippen LogP contribution in [0.3, 0.4) is 0 Å². The number of rotatable bonds is 4. The predicted molar refractivity (Wildman–Crippen MR) is 89.6 cm³/mol. The first-order chi connectivity index (χ1) is 11.8. The van der Waals surface area contributed by atoms with E-state index in [4.69, 9.17) is 0 Å². The van der Waals surface area contributed by atoms with Crippen LogP contribution in [0.25, 0.3) is 5.82 Å². The van der Waals surface area contributed by atoms with Gasteiger partial charge in [-0.3, -0.25) is 4.57 Å². The van der Waals surface area contributed by atoms with Gasteiger partial charge in [-0.15, -0.1) is 0 Å². The first-order valence-electron chi connectivity index (χ1n) is 8.11. The average Bonchev–Trinajstić information content (AvgIpc) is 3.27. The number of nitrogens with zero attached hydrogens (tertiary/aromatic N) is 5. The van der Waals surface area contributed by atoms with Gasteiger partial charge in [0.25, 0.3) is 0 Å². The molecule has 1 aliphatic heterocycles. The van der Waals surface area contributed by atoms with Gasteiger partial charge in [0, 0.05) is 31.0 Å². The lowest BCUT2D eigenvalue weighted by molar-refractivity contribution is 0.617. The lowest BCUT2D eigenvalue weighted by atomic mass is 10.0. The molecule has 0 radical (unpaired) electrons. The van der Waals surface area contributed by atoms with Crippen molar-refractivity contribution >= 4 is 5.82 Å². The molecule has 0 bridgehead atoms. The van der Waals surface area contributed by atoms with Crippen molar-refractivity contribution in [2.75, 3.05) is 11.4 Å². The van der Waals surface area contributed by atoms with Crippen molar-refractivity contribution in [2.24, 2.45) is 0 Å². The summed E-state index contributed by atoms with van der Waals surface area (Å²) in [7, 11) is 0. The van der Waals surface area contributed by atoms with Crippen LogP contribution in [-0.2, 0) is 6.42 Å². The summed E-state index contributed by atoms with van der Waals surface area (Å²) >= 11 is 0. The van der Waals surface area contributed by atoms with Crippen LogP contribution in [0.4, 0.5) is 10.2 Å². The summed E-state index contributed by atoms with van der Waals surface area (Å²) in [6.45, 7) is 0.959. The quantitative estimate of drug-likeness (QED) is 0.740. The van der Waals surface area contributed by atoms with E-state index in [-0.39, 0.29) is 5.82 Å². The smallest absolute Gasteiger partial charge is 0.143 e. The number of hydrogen-bond donors (Lipinski definition) is 0. The van der Waals surface area contributed by atoms with Crippen LogP contribution in [-0.4, -0.2) is 32.1 Å². The third kappa shape index (κ3) is 2.99. The largest absolute Gasteiger partial charge is 0.353 e. The fourth-order valence-electron chi connectivity index (χ4n) is 3.32. The van der Waals surface area contributed by atoms with Crippen LogP contribution in [0.5, 0.6) is 0 Å². The van der Waals surface area contributed by atoms with Gasteiger partial charge in [0.1, 0.15) is 30.1 Å². The molecule has 5 nitrogen and oxygen atoms in total. The minimum atomic E-state index is -0.179. The maximum absolute atomic E-state index is 13.4. The second kappa shape index (κ2) is 6.39. The first-order valence-corrected chi connectivity index (χ1v) is 8.11. The molecule has 6 heteroatoms. The highest BCUT2D eigenvalue weighted by atomic mass is 19.1. The van der Waals surface area contributed by atoms with Crippen LogP contribution in [0.1, 0.15) is 18.4 Å². The highest BCUT2D eigenvalue weighted by Gasteiger charge is 2.26. The van der Waals surface area contributed by atoms with Gasteiger partial charge in [-0.05, 0) is 37.0 Å². The van der Waals surface area contributed by atoms with E-state index in [0.29, 0.717) is 6.04 Å². The van der Waals surface area contributed by atoms with E-state index in [1.807, 2.05) is 22.9 Å². The van der Waals surface area contributed by atoms with Gasteiger partial charge in [-0.25, -0.2) is 19.3 Å². The van der Waals surface area contributed by atoms with Crippen molar-refractivity contribution in [1.29, 1.82) is 0 Å². The molecule has 1 unspecified atom stereocenters. The molecule has 0 spiro atoms. The van der Waals surface area contributed by atoms with Crippen molar-refractivity contribution in [2.45, 2.75) is 25.3 Å². The number of imidazole rings is 1. The fourth-order valence-corrected chi connectivity index (χ4v) is 3.32. The van der Waals surface area contributed by atoms with Gasteiger partial charge < -0.3 is 4.90 Å². The van der Waals surface area contributed by atoms with Gasteiger partial charge in [-0.1, -0.05) is 12.1 Å². The minimum Gasteiger partial charge on any atom is -0.353 e. The Bertz CT molecular complexity index is 818. The van der Waals surface area contributed by atoms with Crippen molar-refractivity contribution < 1.29 is 4.39 Å². The van der Waals surface area contributed by atoms with E-state index in [0.717, 1.165) is 43.0 Å². The molecule has 0 aliphatic carbocycles. The molecular weight excluding hydrogens is 305 g/mol. The predicted octanol–water partition coefficient (Wildman–Crippen LogP) is 3.01. The Morgan fingerprint density at radius 1 is 1.17 bits per heavy atom. The first kappa shape index (κ1) is 14.8. The molecule has 3 heterocycles. The number of aromatic nitrogens is 4. The lowest BCUT2D eigenvalue weighted by Gasteiger charge is -2.26. The van der Waals surface area contributed by atoms with E-state index in [1.54, 1.807) is 31.0 Å². The normalized spacial score (nSPS) is 17.4. The fraction of sp³-hybridized carbons (Fsp3) is 0.278. The van der Waals surface area contributed by atoms with Crippen LogP contribution in [0.15, 0.2) is 55.4 Å². The molecule has 24 heavy (non-hydrogen) atoms. The summed E-state index contributed by atoms with van der Waals surface area (Å²) in [5, 5.41) is 0. The molecule has 1 aliphatic rings. The van der Waals surface area contributed by atoms with Gasteiger partial charge in [0.05, 0.1) is 0 Å². The maximum atomic E-state index is 13.4. The Balaban J connectivity index is 1.57. The van der Waals surface area contributed by atoms with Gasteiger partial charge in [-0.2, -0.15) is 0 Å². The standard InChI is InChI=1S/C18H18FN5/c19-15-4-1-3-14(9-15)10-16-5-2-7-24(16)18-11-17(21-12-22-18)23-8-6-20-13-23/h1,3-4,6,8-9,11-13,16H,2,5,7,10H2. The number of anilines is 1. The number of benzene rings is 1. The van der Waals surface area contributed by atoms with Crippen molar-refractivity contribution in [1.82, 2.24) is 19.5 Å². The molecule has 0 saturated carbocycles. The Labute approximate surface area is 139 Å². The lowest BCUT2D eigenvalue weighted by Crippen LogP contribution is -2.31. The summed E-state index contributed by atoms with van der Waals surface area (Å²) in [4.78, 5) is 15.1. The monoisotopic (exact) mass is 323 g/mol. The van der Waals surface area contributed by atoms with Gasteiger partial charge in [0.2, 0.25) is 0 Å². The third-order valence-corrected chi connectivity index (χ3v) is 4.44. The molecular formula is C18H18FN5. The molecule has 4 rings (SSSR count). The molecule has 1 fully saturated rings. The number of halogens is 1. The molecule has 2 aromatic heterocycles. The zero-order chi connectivity index (χ0) is 16.4. The van der Waals surface area contributed by atoms with Crippen molar-refractivity contribution in [3.8, 4) is 5.82 Å². The van der Waals surface area contributed by atoms with Crippen LogP contribution < -0.4 is 4.90 Å². The Morgan fingerprint density at radius 2 is 2.08 bits per heavy atom. The van der Waals surface area contributed by atoms with Crippen molar-refractivity contribution in [3.63, 3.8) is 0 Å². The average molecular weight is 323 g/mol. The van der Waals surface area contributed by atoms with E-state index in [2.05, 4.69) is 19.9 Å². The molecule has 0 amide bonds. The summed E-state index contributed by atoms with van der Waals surface area (Å²) in [6, 6.07) is 9.16. The highest BCUT2D eigenvalue weighted by Crippen LogP contribution is 2.27. The Kier molecular flexibility index (Phi) is 3.94. The van der Waals surface area contributed by atoms with E-state index >= 15 is 0 Å². The van der Waals surface area contributed by atoms with E-state index in [1.165, 1.54) is 6.07 Å². The van der Waals surface area contributed by atoms with E-state index in [9.17, 15) is 4.39 Å². The Hall–Kier alpha value is -2.76. The molecule has 3 aromatic rings. The van der Waals surface area contributed by atoms with E-state index < -0.39 is 0 Å². The SMILES string of the molecule is Fc1cccc(CC2CCCN2c2cc(-n3ccnc3)ncn2)c1. The molecule has 0 N–H and O–H groups in total. The van der Waals surface area contributed by atoms with Crippen LogP contribution in [0, 0.1) is 5.82 Å². The second-order valence-corrected chi connectivity index (χ2v) is 6.03. The third-order valence-electron chi connectivity index (χ3n) is 4.44. The van der Waals surface area contributed by atoms with Gasteiger partial charge >= 0.3 is 0 Å². The topological polar surface area (TPSA) is 46.8 Å². The second-order valence-electron chi connectivity index (χ2n) is 6.03. The summed E-state index contributed by atoms with van der Waals surface area (Å²) in [5.74, 6) is 1.53. The summed E-state index contributed by atoms with van der Waals surface area (Å²) in [6.07, 6.45) is 9.92. The zero-order valence-corrected chi connectivity index (χ0v) is 13.2. The zero-order valence-electron chi connectivity index (χ0n) is 13.2. The van der Waals surface area contributed by atoms with Crippen LogP contribution >= 0.6 is 0 Å². The van der Waals surface area contributed by atoms with Crippen molar-refractivity contribution in [3.05, 3.63) is 66.8 Å². The molecule has 1 aromatic carbocycles. The van der Waals surface area contributed by atoms with Crippen LogP contribution in [0.2, 0.25) is 0 Å². The molecule has 1 atom stereocenters. The Morgan fingerprint density at radius 3 is 2.92 bits per heavy atom.